The normalized spacial score (nSPS) is 14.5. The average Bonchev–Trinajstić information content (AvgIpc) is 3.05. The predicted octanol–water partition coefficient (Wildman–Crippen LogP) is 2.47. The standard InChI is InChI=1S/C22H35FN6O2Si/c1-20(2,3)32(23,21(4,5)6)18-12-16(28-29(18)8)26-14-17(30)27-22(7,19(24)31)15-10-9-11-25-13-15/h9-13H,14H2,1-8H3,(H2,24,31)(H,26,28)(H,27,30). The zero-order valence-corrected chi connectivity index (χ0v) is 21.2. The number of hydrogen-bond acceptors (Lipinski definition) is 5. The number of aryl methyl sites for hydroxylation is 1. The Morgan fingerprint density at radius 1 is 1.16 bits per heavy atom. The summed E-state index contributed by atoms with van der Waals surface area (Å²) in [6.45, 7) is 12.9. The molecule has 0 aliphatic heterocycles. The molecule has 2 rings (SSSR count). The Morgan fingerprint density at radius 3 is 2.22 bits per heavy atom. The Kier molecular flexibility index (Phi) is 6.89. The first-order valence-corrected chi connectivity index (χ1v) is 12.4. The van der Waals surface area contributed by atoms with Crippen LogP contribution in [0.5, 0.6) is 0 Å². The summed E-state index contributed by atoms with van der Waals surface area (Å²) in [5, 5.41) is 9.43. The van der Waals surface area contributed by atoms with Gasteiger partial charge in [-0.05, 0) is 23.1 Å². The summed E-state index contributed by atoms with van der Waals surface area (Å²) in [6, 6.07) is 5.01. The molecule has 0 bridgehead atoms. The number of hydrogen-bond donors (Lipinski definition) is 3. The van der Waals surface area contributed by atoms with Crippen LogP contribution in [0.25, 0.3) is 0 Å². The van der Waals surface area contributed by atoms with Crippen LogP contribution in [0.15, 0.2) is 30.6 Å². The Balaban J connectivity index is 2.22. The number of pyridine rings is 1. The van der Waals surface area contributed by atoms with Gasteiger partial charge in [-0.3, -0.25) is 19.3 Å². The summed E-state index contributed by atoms with van der Waals surface area (Å²) in [4.78, 5) is 28.7. The fourth-order valence-corrected chi connectivity index (χ4v) is 8.82. The molecule has 0 saturated carbocycles. The van der Waals surface area contributed by atoms with Crippen LogP contribution in [0.4, 0.5) is 9.93 Å². The number of nitrogens with two attached hydrogens (primary N) is 1. The molecular formula is C22H35FN6O2Si. The third-order valence-corrected chi connectivity index (χ3v) is 11.2. The number of nitrogens with one attached hydrogen (secondary N) is 2. The summed E-state index contributed by atoms with van der Waals surface area (Å²) in [5.41, 5.74) is 4.62. The molecule has 176 valence electrons. The topological polar surface area (TPSA) is 115 Å². The van der Waals surface area contributed by atoms with E-state index in [1.54, 1.807) is 36.1 Å². The lowest BCUT2D eigenvalue weighted by Gasteiger charge is -2.44. The van der Waals surface area contributed by atoms with E-state index >= 15 is 4.11 Å². The molecule has 8 nitrogen and oxygen atoms in total. The van der Waals surface area contributed by atoms with Gasteiger partial charge in [0.15, 0.2) is 0 Å². The molecule has 0 aliphatic rings. The maximum absolute atomic E-state index is 16.6. The smallest absolute Gasteiger partial charge is 0.305 e. The first kappa shape index (κ1) is 25.5. The van der Waals surface area contributed by atoms with Crippen LogP contribution in [-0.4, -0.2) is 41.5 Å². The first-order chi connectivity index (χ1) is 14.5. The zero-order chi connectivity index (χ0) is 24.5. The number of nitrogens with zero attached hydrogens (tertiary/aromatic N) is 3. The van der Waals surface area contributed by atoms with Crippen LogP contribution in [0.3, 0.4) is 0 Å². The van der Waals surface area contributed by atoms with Crippen molar-refractivity contribution in [2.45, 2.75) is 64.1 Å². The highest BCUT2D eigenvalue weighted by atomic mass is 28.4. The van der Waals surface area contributed by atoms with Gasteiger partial charge in [-0.2, -0.15) is 5.10 Å². The van der Waals surface area contributed by atoms with Crippen molar-refractivity contribution in [3.05, 3.63) is 36.2 Å². The Bertz CT molecular complexity index is 967. The van der Waals surface area contributed by atoms with Crippen molar-refractivity contribution in [2.75, 3.05) is 11.9 Å². The van der Waals surface area contributed by atoms with Crippen LogP contribution in [0.1, 0.15) is 54.0 Å². The molecule has 4 N–H and O–H groups in total. The van der Waals surface area contributed by atoms with Gasteiger partial charge in [-0.1, -0.05) is 47.6 Å². The highest BCUT2D eigenvalue weighted by molar-refractivity contribution is 6.90. The minimum atomic E-state index is -3.51. The van der Waals surface area contributed by atoms with E-state index in [-0.39, 0.29) is 6.54 Å². The zero-order valence-electron chi connectivity index (χ0n) is 20.2. The monoisotopic (exact) mass is 462 g/mol. The van der Waals surface area contributed by atoms with Crippen LogP contribution in [-0.2, 0) is 22.2 Å². The molecule has 0 spiro atoms. The molecule has 1 unspecified atom stereocenters. The van der Waals surface area contributed by atoms with Crippen molar-refractivity contribution in [1.82, 2.24) is 20.1 Å². The van der Waals surface area contributed by atoms with Gasteiger partial charge in [0.2, 0.25) is 11.8 Å². The molecule has 0 fully saturated rings. The molecule has 0 radical (unpaired) electrons. The van der Waals surface area contributed by atoms with E-state index in [1.807, 2.05) is 41.5 Å². The summed E-state index contributed by atoms with van der Waals surface area (Å²) >= 11 is 0. The molecule has 2 aromatic rings. The lowest BCUT2D eigenvalue weighted by Crippen LogP contribution is -2.60. The lowest BCUT2D eigenvalue weighted by atomic mass is 9.92. The maximum atomic E-state index is 16.6. The second kappa shape index (κ2) is 8.65. The van der Waals surface area contributed by atoms with E-state index in [1.165, 1.54) is 13.1 Å². The van der Waals surface area contributed by atoms with E-state index in [4.69, 9.17) is 5.73 Å². The highest BCUT2D eigenvalue weighted by Crippen LogP contribution is 2.51. The number of carbonyl (C=O) groups is 2. The summed E-state index contributed by atoms with van der Waals surface area (Å²) < 4.78 is 18.2. The van der Waals surface area contributed by atoms with Crippen molar-refractivity contribution in [1.29, 1.82) is 0 Å². The molecule has 10 heteroatoms. The molecular weight excluding hydrogens is 427 g/mol. The van der Waals surface area contributed by atoms with Crippen molar-refractivity contribution in [3.8, 4) is 0 Å². The molecule has 0 saturated heterocycles. The Morgan fingerprint density at radius 2 is 1.75 bits per heavy atom. The van der Waals surface area contributed by atoms with E-state index in [2.05, 4.69) is 20.7 Å². The van der Waals surface area contributed by atoms with E-state index in [9.17, 15) is 9.59 Å². The van der Waals surface area contributed by atoms with E-state index in [0.717, 1.165) is 0 Å². The SMILES string of the molecule is Cn1nc(NCC(=O)NC(C)(C(N)=O)c2cccnc2)cc1[Si](F)(C(C)(C)C)C(C)(C)C. The molecule has 2 heterocycles. The molecule has 32 heavy (non-hydrogen) atoms. The van der Waals surface area contributed by atoms with Crippen molar-refractivity contribution in [3.63, 3.8) is 0 Å². The minimum absolute atomic E-state index is 0.161. The second-order valence-corrected chi connectivity index (χ2v) is 15.2. The fraction of sp³-hybridized carbons (Fsp3) is 0.545. The number of halogens is 1. The van der Waals surface area contributed by atoms with E-state index in [0.29, 0.717) is 16.7 Å². The number of aromatic nitrogens is 3. The van der Waals surface area contributed by atoms with Gasteiger partial charge in [-0.25, -0.2) is 0 Å². The lowest BCUT2D eigenvalue weighted by molar-refractivity contribution is -0.130. The Labute approximate surface area is 190 Å². The van der Waals surface area contributed by atoms with Crippen molar-refractivity contribution < 1.29 is 13.7 Å². The molecule has 2 aromatic heterocycles. The summed E-state index contributed by atoms with van der Waals surface area (Å²) in [6.07, 6.45) is 3.05. The number of primary amides is 1. The third kappa shape index (κ3) is 4.69. The van der Waals surface area contributed by atoms with Crippen LogP contribution in [0, 0.1) is 0 Å². The second-order valence-electron chi connectivity index (χ2n) is 10.3. The predicted molar refractivity (Wildman–Crippen MR) is 127 cm³/mol. The molecule has 0 aliphatic carbocycles. The van der Waals surface area contributed by atoms with Crippen LogP contribution >= 0.6 is 0 Å². The number of carbonyl (C=O) groups excluding carboxylic acids is 2. The molecule has 1 atom stereocenters. The Hall–Kier alpha value is -2.75. The fourth-order valence-electron chi connectivity index (χ4n) is 4.20. The minimum Gasteiger partial charge on any atom is -0.367 e. The van der Waals surface area contributed by atoms with Gasteiger partial charge in [0.05, 0.1) is 11.9 Å². The first-order valence-electron chi connectivity index (χ1n) is 10.5. The van der Waals surface area contributed by atoms with Gasteiger partial charge < -0.3 is 20.5 Å². The van der Waals surface area contributed by atoms with Gasteiger partial charge in [-0.15, -0.1) is 0 Å². The number of amides is 2. The van der Waals surface area contributed by atoms with Crippen LogP contribution < -0.4 is 21.7 Å². The average molecular weight is 463 g/mol. The quantitative estimate of drug-likeness (QED) is 0.432. The largest absolute Gasteiger partial charge is 0.367 e. The van der Waals surface area contributed by atoms with E-state index < -0.39 is 35.8 Å². The molecule has 2 amide bonds. The third-order valence-electron chi connectivity index (χ3n) is 5.85. The highest BCUT2D eigenvalue weighted by Gasteiger charge is 2.58. The summed E-state index contributed by atoms with van der Waals surface area (Å²) in [5.74, 6) is -0.775. The van der Waals surface area contributed by atoms with Gasteiger partial charge in [0.25, 0.3) is 0 Å². The number of anilines is 1. The van der Waals surface area contributed by atoms with Crippen LogP contribution in [0.2, 0.25) is 10.1 Å². The molecule has 0 aromatic carbocycles. The van der Waals surface area contributed by atoms with Crippen molar-refractivity contribution in [2.24, 2.45) is 12.8 Å². The van der Waals surface area contributed by atoms with Gasteiger partial charge in [0.1, 0.15) is 11.4 Å². The van der Waals surface area contributed by atoms with Gasteiger partial charge >= 0.3 is 8.41 Å². The maximum Gasteiger partial charge on any atom is 0.305 e. The van der Waals surface area contributed by atoms with Crippen molar-refractivity contribution >= 4 is 31.4 Å². The van der Waals surface area contributed by atoms with Gasteiger partial charge in [0, 0.05) is 31.1 Å². The number of rotatable bonds is 7. The summed E-state index contributed by atoms with van der Waals surface area (Å²) in [7, 11) is -1.80.